The first-order valence-corrected chi connectivity index (χ1v) is 10.8. The maximum atomic E-state index is 3.97. The lowest BCUT2D eigenvalue weighted by atomic mass is 9.77. The second-order valence-electron chi connectivity index (χ2n) is 7.88. The van der Waals surface area contributed by atoms with E-state index >= 15 is 0 Å². The second kappa shape index (κ2) is 8.63. The minimum atomic E-state index is -0.421. The lowest BCUT2D eigenvalue weighted by Crippen LogP contribution is -2.45. The van der Waals surface area contributed by atoms with Gasteiger partial charge in [-0.2, -0.15) is 0 Å². The van der Waals surface area contributed by atoms with Crippen molar-refractivity contribution in [1.82, 2.24) is 10.3 Å². The summed E-state index contributed by atoms with van der Waals surface area (Å²) in [7, 11) is 0. The van der Waals surface area contributed by atoms with Crippen LogP contribution in [0.1, 0.15) is 22.3 Å². The standard InChI is InChI=1S/C29H26N2/c1-4-12-24(13-5-1)29(25-14-6-2-7-15-25,26-16-8-3-9-17-26)31-21-20-23-22-30-28-19-11-10-18-27(23)28/h1-19,22,30-31H,20-21H2. The molecule has 31 heavy (non-hydrogen) atoms. The average molecular weight is 403 g/mol. The van der Waals surface area contributed by atoms with Gasteiger partial charge in [-0.1, -0.05) is 109 Å². The lowest BCUT2D eigenvalue weighted by molar-refractivity contribution is 0.476. The highest BCUT2D eigenvalue weighted by Gasteiger charge is 2.35. The first-order chi connectivity index (χ1) is 15.4. The minimum Gasteiger partial charge on any atom is -0.361 e. The van der Waals surface area contributed by atoms with Crippen LogP contribution < -0.4 is 5.32 Å². The van der Waals surface area contributed by atoms with Crippen molar-refractivity contribution in [2.45, 2.75) is 12.0 Å². The van der Waals surface area contributed by atoms with E-state index in [9.17, 15) is 0 Å². The van der Waals surface area contributed by atoms with Crippen LogP contribution in [0.3, 0.4) is 0 Å². The summed E-state index contributed by atoms with van der Waals surface area (Å²) < 4.78 is 0. The molecule has 0 aliphatic rings. The topological polar surface area (TPSA) is 27.8 Å². The summed E-state index contributed by atoms with van der Waals surface area (Å²) >= 11 is 0. The molecular weight excluding hydrogens is 376 g/mol. The molecule has 0 atom stereocenters. The first kappa shape index (κ1) is 19.3. The molecule has 0 unspecified atom stereocenters. The number of para-hydroxylation sites is 1. The SMILES string of the molecule is c1ccc(C(NCCc2c[nH]c3ccccc23)(c2ccccc2)c2ccccc2)cc1. The van der Waals surface area contributed by atoms with Gasteiger partial charge in [-0.05, 0) is 34.7 Å². The van der Waals surface area contributed by atoms with Crippen molar-refractivity contribution in [3.8, 4) is 0 Å². The van der Waals surface area contributed by atoms with Gasteiger partial charge in [0.05, 0.1) is 5.54 Å². The first-order valence-electron chi connectivity index (χ1n) is 10.8. The van der Waals surface area contributed by atoms with Crippen molar-refractivity contribution in [2.75, 3.05) is 6.54 Å². The van der Waals surface area contributed by atoms with Gasteiger partial charge in [0.25, 0.3) is 0 Å². The Kier molecular flexibility index (Phi) is 5.39. The molecule has 0 spiro atoms. The minimum absolute atomic E-state index is 0.421. The Morgan fingerprint density at radius 2 is 1.06 bits per heavy atom. The van der Waals surface area contributed by atoms with Gasteiger partial charge in [0.2, 0.25) is 0 Å². The molecule has 5 aromatic rings. The van der Waals surface area contributed by atoms with E-state index in [1.807, 2.05) is 0 Å². The van der Waals surface area contributed by atoms with Crippen LogP contribution >= 0.6 is 0 Å². The predicted octanol–water partition coefficient (Wildman–Crippen LogP) is 6.29. The maximum absolute atomic E-state index is 3.97. The van der Waals surface area contributed by atoms with Crippen LogP contribution in [0.15, 0.2) is 121 Å². The van der Waals surface area contributed by atoms with Crippen molar-refractivity contribution < 1.29 is 0 Å². The van der Waals surface area contributed by atoms with Crippen molar-refractivity contribution in [1.29, 1.82) is 0 Å². The van der Waals surface area contributed by atoms with Crippen LogP contribution in [0.2, 0.25) is 0 Å². The number of benzene rings is 4. The molecule has 0 aliphatic heterocycles. The Morgan fingerprint density at radius 3 is 1.61 bits per heavy atom. The molecule has 0 radical (unpaired) electrons. The third-order valence-electron chi connectivity index (χ3n) is 6.08. The van der Waals surface area contributed by atoms with Gasteiger partial charge in [-0.3, -0.25) is 5.32 Å². The molecule has 0 aliphatic carbocycles. The summed E-state index contributed by atoms with van der Waals surface area (Å²) in [5, 5.41) is 5.27. The zero-order chi connectivity index (χ0) is 20.9. The summed E-state index contributed by atoms with van der Waals surface area (Å²) in [4.78, 5) is 3.40. The molecule has 0 saturated carbocycles. The smallest absolute Gasteiger partial charge is 0.0948 e. The lowest BCUT2D eigenvalue weighted by Gasteiger charge is -2.37. The van der Waals surface area contributed by atoms with E-state index in [4.69, 9.17) is 0 Å². The predicted molar refractivity (Wildman–Crippen MR) is 129 cm³/mol. The number of fused-ring (bicyclic) bond motifs is 1. The summed E-state index contributed by atoms with van der Waals surface area (Å²) in [6, 6.07) is 40.8. The Bertz CT molecular complexity index is 1140. The Morgan fingerprint density at radius 1 is 0.581 bits per heavy atom. The van der Waals surface area contributed by atoms with E-state index in [1.165, 1.54) is 33.2 Å². The van der Waals surface area contributed by atoms with Crippen molar-refractivity contribution in [3.05, 3.63) is 144 Å². The third kappa shape index (κ3) is 3.67. The second-order valence-corrected chi connectivity index (χ2v) is 7.88. The van der Waals surface area contributed by atoms with Crippen molar-refractivity contribution in [2.24, 2.45) is 0 Å². The number of rotatable bonds is 7. The van der Waals surface area contributed by atoms with Gasteiger partial charge in [-0.15, -0.1) is 0 Å². The molecule has 0 amide bonds. The molecule has 2 heteroatoms. The van der Waals surface area contributed by atoms with Gasteiger partial charge in [0, 0.05) is 23.6 Å². The Hall–Kier alpha value is -3.62. The molecule has 0 saturated heterocycles. The summed E-state index contributed by atoms with van der Waals surface area (Å²) in [6.07, 6.45) is 3.08. The normalized spacial score (nSPS) is 11.6. The monoisotopic (exact) mass is 402 g/mol. The fourth-order valence-corrected chi connectivity index (χ4v) is 4.59. The number of hydrogen-bond acceptors (Lipinski definition) is 1. The van der Waals surface area contributed by atoms with Gasteiger partial charge in [-0.25, -0.2) is 0 Å². The van der Waals surface area contributed by atoms with Gasteiger partial charge in [0.15, 0.2) is 0 Å². The van der Waals surface area contributed by atoms with E-state index in [-0.39, 0.29) is 0 Å². The number of H-pyrrole nitrogens is 1. The van der Waals surface area contributed by atoms with Gasteiger partial charge < -0.3 is 4.98 Å². The van der Waals surface area contributed by atoms with E-state index in [0.717, 1.165) is 13.0 Å². The quantitative estimate of drug-likeness (QED) is 0.308. The molecule has 1 heterocycles. The highest BCUT2D eigenvalue weighted by Crippen LogP contribution is 2.36. The molecule has 2 nitrogen and oxygen atoms in total. The van der Waals surface area contributed by atoms with Crippen molar-refractivity contribution in [3.63, 3.8) is 0 Å². The summed E-state index contributed by atoms with van der Waals surface area (Å²) in [5.74, 6) is 0. The third-order valence-corrected chi connectivity index (χ3v) is 6.08. The van der Waals surface area contributed by atoms with Crippen LogP contribution in [-0.2, 0) is 12.0 Å². The zero-order valence-corrected chi connectivity index (χ0v) is 17.5. The molecule has 2 N–H and O–H groups in total. The van der Waals surface area contributed by atoms with Gasteiger partial charge >= 0.3 is 0 Å². The van der Waals surface area contributed by atoms with Crippen molar-refractivity contribution >= 4 is 10.9 Å². The van der Waals surface area contributed by atoms with Gasteiger partial charge in [0.1, 0.15) is 0 Å². The molecule has 152 valence electrons. The highest BCUT2D eigenvalue weighted by atomic mass is 15.0. The highest BCUT2D eigenvalue weighted by molar-refractivity contribution is 5.83. The van der Waals surface area contributed by atoms with E-state index < -0.39 is 5.54 Å². The van der Waals surface area contributed by atoms with E-state index in [1.54, 1.807) is 0 Å². The van der Waals surface area contributed by atoms with Crippen LogP contribution in [0.25, 0.3) is 10.9 Å². The molecular formula is C29H26N2. The number of aromatic nitrogens is 1. The largest absolute Gasteiger partial charge is 0.361 e. The van der Waals surface area contributed by atoms with E-state index in [0.29, 0.717) is 0 Å². The summed E-state index contributed by atoms with van der Waals surface area (Å²) in [5.41, 5.74) is 5.84. The number of hydrogen-bond donors (Lipinski definition) is 2. The summed E-state index contributed by atoms with van der Waals surface area (Å²) in [6.45, 7) is 0.848. The zero-order valence-electron chi connectivity index (χ0n) is 17.5. The van der Waals surface area contributed by atoms with Crippen LogP contribution in [0.4, 0.5) is 0 Å². The number of nitrogens with one attached hydrogen (secondary N) is 2. The fraction of sp³-hybridized carbons (Fsp3) is 0.103. The molecule has 4 aromatic carbocycles. The van der Waals surface area contributed by atoms with Crippen LogP contribution in [-0.4, -0.2) is 11.5 Å². The maximum Gasteiger partial charge on any atom is 0.0948 e. The Labute approximate surface area is 183 Å². The van der Waals surface area contributed by atoms with Crippen LogP contribution in [0.5, 0.6) is 0 Å². The van der Waals surface area contributed by atoms with Crippen LogP contribution in [0, 0.1) is 0 Å². The molecule has 0 fully saturated rings. The Balaban J connectivity index is 1.56. The fourth-order valence-electron chi connectivity index (χ4n) is 4.59. The average Bonchev–Trinajstić information content (AvgIpc) is 3.27. The molecule has 5 rings (SSSR count). The molecule has 1 aromatic heterocycles. The molecule has 0 bridgehead atoms. The van der Waals surface area contributed by atoms with E-state index in [2.05, 4.69) is 132 Å². The number of aromatic amines is 1.